The molecule has 1 aliphatic heterocycles. The highest BCUT2D eigenvalue weighted by Crippen LogP contribution is 2.26. The molecule has 1 aromatic heterocycles. The van der Waals surface area contributed by atoms with Gasteiger partial charge in [0.15, 0.2) is 0 Å². The number of piperidine rings is 1. The topological polar surface area (TPSA) is 71.3 Å². The van der Waals surface area contributed by atoms with Crippen molar-refractivity contribution in [3.05, 3.63) is 64.0 Å². The summed E-state index contributed by atoms with van der Waals surface area (Å²) in [6, 6.07) is 12.9. The molecule has 0 saturated carbocycles. The first-order valence-electron chi connectivity index (χ1n) is 9.86. The number of hydrogen-bond acceptors (Lipinski definition) is 5. The third-order valence-electron chi connectivity index (χ3n) is 5.41. The normalized spacial score (nSPS) is 15.3. The zero-order valence-corrected chi connectivity index (χ0v) is 18.1. The van der Waals surface area contributed by atoms with Crippen molar-refractivity contribution in [2.24, 2.45) is 5.92 Å². The maximum absolute atomic E-state index is 12.7. The van der Waals surface area contributed by atoms with Gasteiger partial charge < -0.3 is 9.84 Å². The van der Waals surface area contributed by atoms with Gasteiger partial charge in [0.2, 0.25) is 17.6 Å². The van der Waals surface area contributed by atoms with Crippen LogP contribution >= 0.6 is 23.2 Å². The molecular weight excluding hydrogens is 423 g/mol. The number of anilines is 1. The second-order valence-electron chi connectivity index (χ2n) is 7.47. The van der Waals surface area contributed by atoms with Gasteiger partial charge in [-0.05, 0) is 74.8 Å². The Morgan fingerprint density at radius 2 is 1.90 bits per heavy atom. The van der Waals surface area contributed by atoms with E-state index in [9.17, 15) is 4.79 Å². The summed E-state index contributed by atoms with van der Waals surface area (Å²) < 4.78 is 5.40. The summed E-state index contributed by atoms with van der Waals surface area (Å²) >= 11 is 12.1. The molecule has 1 aliphatic rings. The van der Waals surface area contributed by atoms with Crippen molar-refractivity contribution < 1.29 is 9.32 Å². The average molecular weight is 445 g/mol. The van der Waals surface area contributed by atoms with Crippen molar-refractivity contribution >= 4 is 34.8 Å². The summed E-state index contributed by atoms with van der Waals surface area (Å²) in [6.07, 6.45) is 1.56. The number of nitrogens with zero attached hydrogens (tertiary/aromatic N) is 3. The Labute approximate surface area is 185 Å². The van der Waals surface area contributed by atoms with Gasteiger partial charge >= 0.3 is 0 Å². The van der Waals surface area contributed by atoms with Gasteiger partial charge in [-0.1, -0.05) is 34.4 Å². The maximum atomic E-state index is 12.7. The van der Waals surface area contributed by atoms with E-state index in [1.165, 1.54) is 0 Å². The summed E-state index contributed by atoms with van der Waals surface area (Å²) in [7, 11) is 0. The van der Waals surface area contributed by atoms with Crippen LogP contribution in [0, 0.1) is 12.8 Å². The third-order valence-corrected chi connectivity index (χ3v) is 6.07. The Morgan fingerprint density at radius 1 is 1.17 bits per heavy atom. The van der Waals surface area contributed by atoms with Gasteiger partial charge in [-0.15, -0.1) is 0 Å². The highest BCUT2D eigenvalue weighted by molar-refractivity contribution is 6.31. The quantitative estimate of drug-likeness (QED) is 0.585. The minimum Gasteiger partial charge on any atom is -0.338 e. The fourth-order valence-electron chi connectivity index (χ4n) is 3.56. The number of likely N-dealkylation sites (tertiary alicyclic amines) is 1. The van der Waals surface area contributed by atoms with E-state index in [1.54, 1.807) is 12.1 Å². The van der Waals surface area contributed by atoms with Crippen molar-refractivity contribution in [3.8, 4) is 11.4 Å². The number of benzene rings is 2. The van der Waals surface area contributed by atoms with Crippen LogP contribution in [-0.4, -0.2) is 34.0 Å². The molecule has 30 heavy (non-hydrogen) atoms. The maximum Gasteiger partial charge on any atom is 0.241 e. The standard InChI is InChI=1S/C22H22Cl2N4O2/c1-14-18(24)3-2-4-19(14)25-22(29)16-9-11-28(12-10-16)13-20-26-21(27-30-20)15-5-7-17(23)8-6-15/h2-8,16H,9-13H2,1H3,(H,25,29). The molecule has 6 nitrogen and oxygen atoms in total. The molecule has 156 valence electrons. The van der Waals surface area contributed by atoms with Crippen LogP contribution in [-0.2, 0) is 11.3 Å². The first-order valence-corrected chi connectivity index (χ1v) is 10.6. The third kappa shape index (κ3) is 4.83. The number of nitrogens with one attached hydrogen (secondary N) is 1. The summed E-state index contributed by atoms with van der Waals surface area (Å²) in [6.45, 7) is 4.07. The van der Waals surface area contributed by atoms with Crippen molar-refractivity contribution in [2.75, 3.05) is 18.4 Å². The predicted octanol–water partition coefficient (Wildman–Crippen LogP) is 5.20. The van der Waals surface area contributed by atoms with Crippen LogP contribution in [0.1, 0.15) is 24.3 Å². The molecule has 0 bridgehead atoms. The molecule has 1 amide bonds. The number of rotatable bonds is 5. The second kappa shape index (κ2) is 9.16. The molecule has 1 N–H and O–H groups in total. The minimum absolute atomic E-state index is 0.0213. The van der Waals surface area contributed by atoms with Gasteiger partial charge in [-0.25, -0.2) is 0 Å². The first kappa shape index (κ1) is 20.8. The van der Waals surface area contributed by atoms with Gasteiger partial charge in [-0.2, -0.15) is 4.98 Å². The molecule has 0 spiro atoms. The average Bonchev–Trinajstić information content (AvgIpc) is 3.21. The molecule has 3 aromatic rings. The number of carbonyl (C=O) groups excluding carboxylic acids is 1. The first-order chi connectivity index (χ1) is 14.5. The fourth-order valence-corrected chi connectivity index (χ4v) is 3.86. The predicted molar refractivity (Wildman–Crippen MR) is 118 cm³/mol. The smallest absolute Gasteiger partial charge is 0.241 e. The minimum atomic E-state index is -0.0213. The summed E-state index contributed by atoms with van der Waals surface area (Å²) in [4.78, 5) is 19.4. The number of hydrogen-bond donors (Lipinski definition) is 1. The van der Waals surface area contributed by atoms with Crippen LogP contribution in [0.4, 0.5) is 5.69 Å². The highest BCUT2D eigenvalue weighted by atomic mass is 35.5. The van der Waals surface area contributed by atoms with Gasteiger partial charge in [0.05, 0.1) is 6.54 Å². The number of carbonyl (C=O) groups is 1. The van der Waals surface area contributed by atoms with Crippen molar-refractivity contribution in [1.82, 2.24) is 15.0 Å². The zero-order chi connectivity index (χ0) is 21.1. The molecule has 1 saturated heterocycles. The molecule has 1 fully saturated rings. The van der Waals surface area contributed by atoms with E-state index in [-0.39, 0.29) is 11.8 Å². The number of aromatic nitrogens is 2. The Bertz CT molecular complexity index is 1030. The Kier molecular flexibility index (Phi) is 6.37. The van der Waals surface area contributed by atoms with Crippen molar-refractivity contribution in [3.63, 3.8) is 0 Å². The molecular formula is C22H22Cl2N4O2. The van der Waals surface area contributed by atoms with E-state index >= 15 is 0 Å². The Morgan fingerprint density at radius 3 is 2.63 bits per heavy atom. The molecule has 0 unspecified atom stereocenters. The second-order valence-corrected chi connectivity index (χ2v) is 8.31. The molecule has 0 aliphatic carbocycles. The summed E-state index contributed by atoms with van der Waals surface area (Å²) in [5, 5.41) is 8.39. The van der Waals surface area contributed by atoms with E-state index in [4.69, 9.17) is 27.7 Å². The van der Waals surface area contributed by atoms with E-state index in [0.29, 0.717) is 28.3 Å². The van der Waals surface area contributed by atoms with Gasteiger partial charge in [0.25, 0.3) is 0 Å². The SMILES string of the molecule is Cc1c(Cl)cccc1NC(=O)C1CCN(Cc2nc(-c3ccc(Cl)cc3)no2)CC1. The van der Waals surface area contributed by atoms with E-state index < -0.39 is 0 Å². The summed E-state index contributed by atoms with van der Waals surface area (Å²) in [5.41, 5.74) is 2.52. The fraction of sp³-hybridized carbons (Fsp3) is 0.318. The summed E-state index contributed by atoms with van der Waals surface area (Å²) in [5.74, 6) is 1.14. The highest BCUT2D eigenvalue weighted by Gasteiger charge is 2.26. The Hall–Kier alpha value is -2.41. The molecule has 2 heterocycles. The van der Waals surface area contributed by atoms with E-state index in [0.717, 1.165) is 42.7 Å². The molecule has 8 heteroatoms. The zero-order valence-electron chi connectivity index (χ0n) is 16.6. The lowest BCUT2D eigenvalue weighted by molar-refractivity contribution is -0.121. The molecule has 0 atom stereocenters. The van der Waals surface area contributed by atoms with Crippen LogP contribution in [0.25, 0.3) is 11.4 Å². The van der Waals surface area contributed by atoms with Crippen molar-refractivity contribution in [1.29, 1.82) is 0 Å². The Balaban J connectivity index is 1.30. The lowest BCUT2D eigenvalue weighted by Crippen LogP contribution is -2.37. The number of halogens is 2. The van der Waals surface area contributed by atoms with Crippen LogP contribution in [0.3, 0.4) is 0 Å². The van der Waals surface area contributed by atoms with Crippen LogP contribution in [0.15, 0.2) is 47.0 Å². The monoisotopic (exact) mass is 444 g/mol. The van der Waals surface area contributed by atoms with Gasteiger partial charge in [0.1, 0.15) is 0 Å². The van der Waals surface area contributed by atoms with Crippen LogP contribution in [0.2, 0.25) is 10.0 Å². The van der Waals surface area contributed by atoms with Gasteiger partial charge in [0, 0.05) is 27.2 Å². The lowest BCUT2D eigenvalue weighted by Gasteiger charge is -2.30. The molecule has 2 aromatic carbocycles. The van der Waals surface area contributed by atoms with E-state index in [2.05, 4.69) is 20.4 Å². The molecule has 4 rings (SSSR count). The van der Waals surface area contributed by atoms with Crippen LogP contribution < -0.4 is 5.32 Å². The van der Waals surface area contributed by atoms with Crippen LogP contribution in [0.5, 0.6) is 0 Å². The largest absolute Gasteiger partial charge is 0.338 e. The van der Waals surface area contributed by atoms with E-state index in [1.807, 2.05) is 37.3 Å². The number of amides is 1. The van der Waals surface area contributed by atoms with Gasteiger partial charge in [-0.3, -0.25) is 9.69 Å². The van der Waals surface area contributed by atoms with Crippen molar-refractivity contribution in [2.45, 2.75) is 26.3 Å². The molecule has 0 radical (unpaired) electrons. The lowest BCUT2D eigenvalue weighted by atomic mass is 9.95.